The van der Waals surface area contributed by atoms with E-state index in [4.69, 9.17) is 4.74 Å². The molecule has 1 aliphatic heterocycles. The topological polar surface area (TPSA) is 69.7 Å². The van der Waals surface area contributed by atoms with E-state index in [1.54, 1.807) is 6.08 Å². The fourth-order valence-corrected chi connectivity index (χ4v) is 2.34. The van der Waals surface area contributed by atoms with Gasteiger partial charge in [-0.1, -0.05) is 6.08 Å². The molecule has 0 saturated carbocycles. The molecule has 2 rings (SSSR count). The fourth-order valence-electron chi connectivity index (χ4n) is 1.74. The normalized spacial score (nSPS) is 35.8. The number of ether oxygens (including phenoxy) is 1. The van der Waals surface area contributed by atoms with Crippen LogP contribution in [-0.4, -0.2) is 32.9 Å². The minimum Gasteiger partial charge on any atom is -0.456 e. The lowest BCUT2D eigenvalue weighted by Crippen LogP contribution is -2.28. The van der Waals surface area contributed by atoms with Gasteiger partial charge in [-0.05, 0) is 12.5 Å². The summed E-state index contributed by atoms with van der Waals surface area (Å²) in [5, 5.41) is 0. The zero-order chi connectivity index (χ0) is 10.3. The first-order valence-electron chi connectivity index (χ1n) is 4.23. The van der Waals surface area contributed by atoms with E-state index in [0.29, 0.717) is 6.42 Å². The predicted octanol–water partition coefficient (Wildman–Crippen LogP) is -0.167. The van der Waals surface area contributed by atoms with Crippen molar-refractivity contribution in [3.8, 4) is 0 Å². The maximum atomic E-state index is 11.2. The van der Waals surface area contributed by atoms with Gasteiger partial charge in [0.2, 0.25) is 0 Å². The highest BCUT2D eigenvalue weighted by Gasteiger charge is 2.47. The van der Waals surface area contributed by atoms with Crippen LogP contribution in [0, 0.1) is 5.92 Å². The molecule has 0 aromatic carbocycles. The Morgan fingerprint density at radius 1 is 1.57 bits per heavy atom. The lowest BCUT2D eigenvalue weighted by atomic mass is 10.0. The van der Waals surface area contributed by atoms with E-state index in [1.165, 1.54) is 0 Å². The third-order valence-corrected chi connectivity index (χ3v) is 2.86. The average molecular weight is 218 g/mol. The summed E-state index contributed by atoms with van der Waals surface area (Å²) in [4.78, 5) is 11.2. The molecule has 0 aromatic rings. The molecule has 1 fully saturated rings. The number of esters is 1. The Morgan fingerprint density at radius 3 is 2.93 bits per heavy atom. The molecule has 0 bridgehead atoms. The van der Waals surface area contributed by atoms with Gasteiger partial charge in [-0.25, -0.2) is 4.79 Å². The van der Waals surface area contributed by atoms with Crippen LogP contribution in [0.25, 0.3) is 0 Å². The van der Waals surface area contributed by atoms with E-state index in [1.807, 2.05) is 6.08 Å². The Labute approximate surface area is 81.8 Å². The minimum absolute atomic E-state index is 0.183. The molecule has 1 saturated heterocycles. The van der Waals surface area contributed by atoms with Crippen molar-refractivity contribution in [2.24, 2.45) is 5.92 Å². The molecule has 0 spiro atoms. The molecule has 5 nitrogen and oxygen atoms in total. The highest BCUT2D eigenvalue weighted by atomic mass is 32.2. The quantitative estimate of drug-likeness (QED) is 0.366. The van der Waals surface area contributed by atoms with Crippen LogP contribution in [0.5, 0.6) is 0 Å². The first-order chi connectivity index (χ1) is 6.47. The molecule has 3 atom stereocenters. The molecule has 6 heteroatoms. The van der Waals surface area contributed by atoms with Crippen molar-refractivity contribution in [3.63, 3.8) is 0 Å². The summed E-state index contributed by atoms with van der Waals surface area (Å²) in [5.41, 5.74) is 0. The molecule has 0 N–H and O–H groups in total. The first kappa shape index (κ1) is 9.67. The van der Waals surface area contributed by atoms with Crippen LogP contribution in [0.15, 0.2) is 12.2 Å². The molecule has 2 aliphatic rings. The zero-order valence-corrected chi connectivity index (χ0v) is 8.36. The second kappa shape index (κ2) is 3.06. The monoisotopic (exact) mass is 218 g/mol. The molecule has 0 radical (unpaired) electrons. The van der Waals surface area contributed by atoms with E-state index in [0.717, 1.165) is 6.26 Å². The number of fused-ring (bicyclic) bond motifs is 1. The Balaban J connectivity index is 2.16. The van der Waals surface area contributed by atoms with Crippen molar-refractivity contribution in [1.82, 2.24) is 0 Å². The standard InChI is InChI=1S/C8H10O5S/c1-14(10,11)13-7-5-3-2-4-6(5)12-8(7)9/h2,4-7H,3H2,1H3/t5-,6+,7-/m1/s1. The van der Waals surface area contributed by atoms with Crippen LogP contribution in [0.4, 0.5) is 0 Å². The average Bonchev–Trinajstić information content (AvgIpc) is 2.54. The third-order valence-electron chi connectivity index (χ3n) is 2.31. The molecule has 1 heterocycles. The van der Waals surface area contributed by atoms with Gasteiger partial charge < -0.3 is 4.74 Å². The van der Waals surface area contributed by atoms with Gasteiger partial charge in [-0.2, -0.15) is 8.42 Å². The van der Waals surface area contributed by atoms with Gasteiger partial charge in [-0.3, -0.25) is 4.18 Å². The van der Waals surface area contributed by atoms with Gasteiger partial charge in [0, 0.05) is 5.92 Å². The summed E-state index contributed by atoms with van der Waals surface area (Å²) < 4.78 is 31.4. The smallest absolute Gasteiger partial charge is 0.337 e. The highest BCUT2D eigenvalue weighted by molar-refractivity contribution is 7.86. The van der Waals surface area contributed by atoms with Crippen molar-refractivity contribution in [2.45, 2.75) is 18.6 Å². The van der Waals surface area contributed by atoms with Gasteiger partial charge in [-0.15, -0.1) is 0 Å². The zero-order valence-electron chi connectivity index (χ0n) is 7.54. The highest BCUT2D eigenvalue weighted by Crippen LogP contribution is 2.34. The maximum absolute atomic E-state index is 11.2. The van der Waals surface area contributed by atoms with Crippen LogP contribution in [0.2, 0.25) is 0 Å². The number of allylic oxidation sites excluding steroid dienone is 1. The summed E-state index contributed by atoms with van der Waals surface area (Å²) in [6, 6.07) is 0. The largest absolute Gasteiger partial charge is 0.456 e. The number of carbonyl (C=O) groups is 1. The van der Waals surface area contributed by atoms with Gasteiger partial charge in [0.25, 0.3) is 10.1 Å². The number of rotatable bonds is 2. The Kier molecular flexibility index (Phi) is 2.11. The van der Waals surface area contributed by atoms with Gasteiger partial charge in [0.15, 0.2) is 6.10 Å². The van der Waals surface area contributed by atoms with Crippen LogP contribution in [0.1, 0.15) is 6.42 Å². The molecular formula is C8H10O5S. The Morgan fingerprint density at radius 2 is 2.29 bits per heavy atom. The molecule has 0 amide bonds. The Hall–Kier alpha value is -0.880. The number of hydrogen-bond acceptors (Lipinski definition) is 5. The second-order valence-corrected chi connectivity index (χ2v) is 5.05. The second-order valence-electron chi connectivity index (χ2n) is 3.45. The molecule has 78 valence electrons. The van der Waals surface area contributed by atoms with Gasteiger partial charge >= 0.3 is 5.97 Å². The van der Waals surface area contributed by atoms with Crippen molar-refractivity contribution < 1.29 is 22.1 Å². The predicted molar refractivity (Wildman–Crippen MR) is 46.8 cm³/mol. The lowest BCUT2D eigenvalue weighted by Gasteiger charge is -2.11. The van der Waals surface area contributed by atoms with Crippen molar-refractivity contribution in [1.29, 1.82) is 0 Å². The van der Waals surface area contributed by atoms with E-state index in [9.17, 15) is 13.2 Å². The molecular weight excluding hydrogens is 208 g/mol. The van der Waals surface area contributed by atoms with Crippen molar-refractivity contribution >= 4 is 16.1 Å². The van der Waals surface area contributed by atoms with Crippen LogP contribution >= 0.6 is 0 Å². The van der Waals surface area contributed by atoms with E-state index >= 15 is 0 Å². The fraction of sp³-hybridized carbons (Fsp3) is 0.625. The molecule has 0 aromatic heterocycles. The van der Waals surface area contributed by atoms with Crippen LogP contribution < -0.4 is 0 Å². The van der Waals surface area contributed by atoms with Gasteiger partial charge in [0.05, 0.1) is 6.26 Å². The van der Waals surface area contributed by atoms with Crippen LogP contribution in [-0.2, 0) is 23.8 Å². The molecule has 1 aliphatic carbocycles. The van der Waals surface area contributed by atoms with Crippen molar-refractivity contribution in [2.75, 3.05) is 6.26 Å². The molecule has 0 unspecified atom stereocenters. The van der Waals surface area contributed by atoms with Gasteiger partial charge in [0.1, 0.15) is 6.10 Å². The maximum Gasteiger partial charge on any atom is 0.337 e. The first-order valence-corrected chi connectivity index (χ1v) is 6.04. The summed E-state index contributed by atoms with van der Waals surface area (Å²) in [6.07, 6.45) is 3.89. The summed E-state index contributed by atoms with van der Waals surface area (Å²) in [7, 11) is -3.61. The summed E-state index contributed by atoms with van der Waals surface area (Å²) >= 11 is 0. The lowest BCUT2D eigenvalue weighted by molar-refractivity contribution is -0.145. The van der Waals surface area contributed by atoms with E-state index < -0.39 is 22.2 Å². The third kappa shape index (κ3) is 1.67. The number of hydrogen-bond donors (Lipinski definition) is 0. The van der Waals surface area contributed by atoms with Crippen molar-refractivity contribution in [3.05, 3.63) is 12.2 Å². The number of carbonyl (C=O) groups excluding carboxylic acids is 1. The van der Waals surface area contributed by atoms with E-state index in [-0.39, 0.29) is 12.0 Å². The molecule has 14 heavy (non-hydrogen) atoms. The SMILES string of the molecule is CS(=O)(=O)O[C@H]1C(=O)O[C@H]2C=CC[C@H]21. The minimum atomic E-state index is -3.61. The summed E-state index contributed by atoms with van der Waals surface area (Å²) in [6.45, 7) is 0. The van der Waals surface area contributed by atoms with Crippen LogP contribution in [0.3, 0.4) is 0 Å². The summed E-state index contributed by atoms with van der Waals surface area (Å²) in [5.74, 6) is -0.771. The van der Waals surface area contributed by atoms with E-state index in [2.05, 4.69) is 4.18 Å². The Bertz CT molecular complexity index is 383.